The molecule has 6 nitrogen and oxygen atoms in total. The average Bonchev–Trinajstić information content (AvgIpc) is 2.74. The maximum atomic E-state index is 11.6. The molecule has 0 radical (unpaired) electrons. The van der Waals surface area contributed by atoms with Crippen LogP contribution in [-0.2, 0) is 4.79 Å². The van der Waals surface area contributed by atoms with Crippen LogP contribution in [0, 0.1) is 0 Å². The highest BCUT2D eigenvalue weighted by atomic mass is 16.5. The first-order valence-corrected chi connectivity index (χ1v) is 5.42. The Balaban J connectivity index is 1.75. The molecular formula is C10H16N4O2. The van der Waals surface area contributed by atoms with Gasteiger partial charge in [-0.1, -0.05) is 5.16 Å². The number of hydrogen-bond donors (Lipinski definition) is 2. The van der Waals surface area contributed by atoms with E-state index in [-0.39, 0.29) is 11.9 Å². The Bertz CT molecular complexity index is 331. The summed E-state index contributed by atoms with van der Waals surface area (Å²) in [7, 11) is 0. The molecule has 0 bridgehead atoms. The molecule has 1 fully saturated rings. The number of carbonyl (C=O) groups excluding carboxylic acids is 1. The number of aromatic nitrogens is 1. The molecule has 0 spiro atoms. The molecule has 1 aliphatic heterocycles. The number of anilines is 1. The van der Waals surface area contributed by atoms with Crippen molar-refractivity contribution in [1.29, 1.82) is 0 Å². The third kappa shape index (κ3) is 3.04. The minimum atomic E-state index is -0.0654. The van der Waals surface area contributed by atoms with Gasteiger partial charge >= 0.3 is 0 Å². The van der Waals surface area contributed by atoms with Crippen LogP contribution in [0.15, 0.2) is 16.9 Å². The van der Waals surface area contributed by atoms with E-state index in [1.165, 1.54) is 6.26 Å². The fourth-order valence-electron chi connectivity index (χ4n) is 1.77. The first-order valence-electron chi connectivity index (χ1n) is 5.42. The second kappa shape index (κ2) is 5.09. The molecule has 0 aliphatic carbocycles. The van der Waals surface area contributed by atoms with Gasteiger partial charge in [0.05, 0.1) is 6.54 Å². The summed E-state index contributed by atoms with van der Waals surface area (Å²) < 4.78 is 4.62. The van der Waals surface area contributed by atoms with Crippen LogP contribution >= 0.6 is 0 Å². The van der Waals surface area contributed by atoms with Gasteiger partial charge in [-0.2, -0.15) is 0 Å². The van der Waals surface area contributed by atoms with Crippen molar-refractivity contribution < 1.29 is 9.32 Å². The molecule has 2 heterocycles. The van der Waals surface area contributed by atoms with Crippen molar-refractivity contribution in [3.05, 3.63) is 12.3 Å². The Morgan fingerprint density at radius 3 is 3.00 bits per heavy atom. The number of likely N-dealkylation sites (tertiary alicyclic amines) is 1. The minimum Gasteiger partial charge on any atom is -0.363 e. The van der Waals surface area contributed by atoms with E-state index < -0.39 is 0 Å². The molecule has 0 atom stereocenters. The monoisotopic (exact) mass is 224 g/mol. The Morgan fingerprint density at radius 2 is 2.38 bits per heavy atom. The number of nitrogens with two attached hydrogens (primary N) is 1. The maximum absolute atomic E-state index is 11.6. The lowest BCUT2D eigenvalue weighted by Gasteiger charge is -2.29. The first-order chi connectivity index (χ1) is 7.74. The molecule has 1 aromatic rings. The van der Waals surface area contributed by atoms with Gasteiger partial charge in [0.15, 0.2) is 5.82 Å². The largest absolute Gasteiger partial charge is 0.363 e. The summed E-state index contributed by atoms with van der Waals surface area (Å²) in [5.41, 5.74) is 5.79. The lowest BCUT2D eigenvalue weighted by atomic mass is 10.1. The second-order valence-electron chi connectivity index (χ2n) is 4.05. The molecule has 16 heavy (non-hydrogen) atoms. The number of hydrogen-bond acceptors (Lipinski definition) is 5. The van der Waals surface area contributed by atoms with Crippen LogP contribution in [0.5, 0.6) is 0 Å². The maximum Gasteiger partial charge on any atom is 0.239 e. The smallest absolute Gasteiger partial charge is 0.239 e. The van der Waals surface area contributed by atoms with Gasteiger partial charge in [-0.05, 0) is 12.8 Å². The van der Waals surface area contributed by atoms with Crippen LogP contribution in [0.1, 0.15) is 12.8 Å². The zero-order valence-electron chi connectivity index (χ0n) is 9.06. The van der Waals surface area contributed by atoms with Crippen molar-refractivity contribution in [2.24, 2.45) is 5.73 Å². The normalized spacial score (nSPS) is 18.6. The van der Waals surface area contributed by atoms with E-state index in [4.69, 9.17) is 5.73 Å². The molecule has 1 aliphatic rings. The summed E-state index contributed by atoms with van der Waals surface area (Å²) in [6, 6.07) is 1.90. The zero-order valence-corrected chi connectivity index (χ0v) is 9.06. The molecule has 6 heteroatoms. The molecule has 1 amide bonds. The summed E-state index contributed by atoms with van der Waals surface area (Å²) in [6.45, 7) is 2.15. The third-order valence-electron chi connectivity index (χ3n) is 2.70. The summed E-state index contributed by atoms with van der Waals surface area (Å²) in [5.74, 6) is 0.392. The van der Waals surface area contributed by atoms with Gasteiger partial charge in [-0.25, -0.2) is 0 Å². The van der Waals surface area contributed by atoms with E-state index in [0.717, 1.165) is 25.9 Å². The van der Waals surface area contributed by atoms with Gasteiger partial charge in [0, 0.05) is 25.2 Å². The Labute approximate surface area is 93.8 Å². The molecular weight excluding hydrogens is 208 g/mol. The topological polar surface area (TPSA) is 84.4 Å². The van der Waals surface area contributed by atoms with Crippen molar-refractivity contribution in [2.75, 3.05) is 25.0 Å². The molecule has 2 rings (SSSR count). The highest BCUT2D eigenvalue weighted by Crippen LogP contribution is 2.08. The van der Waals surface area contributed by atoms with Crippen molar-refractivity contribution in [3.8, 4) is 0 Å². The van der Waals surface area contributed by atoms with E-state index >= 15 is 0 Å². The number of amides is 1. The van der Waals surface area contributed by atoms with E-state index in [2.05, 4.69) is 19.9 Å². The molecule has 1 aromatic heterocycles. The van der Waals surface area contributed by atoms with Gasteiger partial charge in [-0.3, -0.25) is 9.69 Å². The highest BCUT2D eigenvalue weighted by Gasteiger charge is 2.18. The van der Waals surface area contributed by atoms with Gasteiger partial charge in [-0.15, -0.1) is 0 Å². The van der Waals surface area contributed by atoms with Crippen LogP contribution in [0.4, 0.5) is 5.82 Å². The Hall–Kier alpha value is -1.40. The number of rotatable bonds is 3. The first kappa shape index (κ1) is 11.1. The quantitative estimate of drug-likeness (QED) is 0.757. The van der Waals surface area contributed by atoms with Crippen LogP contribution in [0.3, 0.4) is 0 Å². The zero-order chi connectivity index (χ0) is 11.4. The lowest BCUT2D eigenvalue weighted by molar-refractivity contribution is -0.117. The van der Waals surface area contributed by atoms with Crippen molar-refractivity contribution >= 4 is 11.7 Å². The molecule has 1 saturated heterocycles. The second-order valence-corrected chi connectivity index (χ2v) is 4.05. The van der Waals surface area contributed by atoms with E-state index in [0.29, 0.717) is 12.4 Å². The summed E-state index contributed by atoms with van der Waals surface area (Å²) in [4.78, 5) is 13.7. The molecule has 0 saturated carbocycles. The fraction of sp³-hybridized carbons (Fsp3) is 0.600. The average molecular weight is 224 g/mol. The van der Waals surface area contributed by atoms with Crippen LogP contribution < -0.4 is 11.1 Å². The van der Waals surface area contributed by atoms with E-state index in [1.807, 2.05) is 0 Å². The summed E-state index contributed by atoms with van der Waals surface area (Å²) >= 11 is 0. The van der Waals surface area contributed by atoms with Crippen molar-refractivity contribution in [1.82, 2.24) is 10.1 Å². The molecule has 88 valence electrons. The number of nitrogens with one attached hydrogen (secondary N) is 1. The number of nitrogens with zero attached hydrogens (tertiary/aromatic N) is 2. The standard InChI is InChI=1S/C10H16N4O2/c11-8-1-4-14(5-2-8)7-10(15)12-9-3-6-16-13-9/h3,6,8H,1-2,4-5,7,11H2,(H,12,13,15). The van der Waals surface area contributed by atoms with Crippen LogP contribution in [0.2, 0.25) is 0 Å². The number of carbonyl (C=O) groups is 1. The SMILES string of the molecule is NC1CCN(CC(=O)Nc2ccon2)CC1. The van der Waals surface area contributed by atoms with Crippen molar-refractivity contribution in [3.63, 3.8) is 0 Å². The summed E-state index contributed by atoms with van der Waals surface area (Å²) in [6.07, 6.45) is 3.34. The predicted octanol–water partition coefficient (Wildman–Crippen LogP) is 0.0362. The van der Waals surface area contributed by atoms with Gasteiger partial charge < -0.3 is 15.6 Å². The fourth-order valence-corrected chi connectivity index (χ4v) is 1.77. The van der Waals surface area contributed by atoms with Gasteiger partial charge in [0.25, 0.3) is 0 Å². The van der Waals surface area contributed by atoms with Gasteiger partial charge in [0.2, 0.25) is 5.91 Å². The molecule has 3 N–H and O–H groups in total. The van der Waals surface area contributed by atoms with Crippen molar-refractivity contribution in [2.45, 2.75) is 18.9 Å². The summed E-state index contributed by atoms with van der Waals surface area (Å²) in [5, 5.41) is 6.28. The third-order valence-corrected chi connectivity index (χ3v) is 2.70. The molecule has 0 unspecified atom stereocenters. The minimum absolute atomic E-state index is 0.0654. The predicted molar refractivity (Wildman–Crippen MR) is 58.8 cm³/mol. The molecule has 0 aromatic carbocycles. The Morgan fingerprint density at radius 1 is 1.62 bits per heavy atom. The van der Waals surface area contributed by atoms with Crippen LogP contribution in [-0.4, -0.2) is 41.6 Å². The number of piperidine rings is 1. The Kier molecular flexibility index (Phi) is 3.53. The van der Waals surface area contributed by atoms with E-state index in [9.17, 15) is 4.79 Å². The van der Waals surface area contributed by atoms with E-state index in [1.54, 1.807) is 6.07 Å². The highest BCUT2D eigenvalue weighted by molar-refractivity contribution is 5.91. The van der Waals surface area contributed by atoms with Crippen LogP contribution in [0.25, 0.3) is 0 Å². The lowest BCUT2D eigenvalue weighted by Crippen LogP contribution is -2.43. The van der Waals surface area contributed by atoms with Gasteiger partial charge in [0.1, 0.15) is 6.26 Å².